The predicted octanol–water partition coefficient (Wildman–Crippen LogP) is 1.66. The topological polar surface area (TPSA) is 31.4 Å². The number of rotatable bonds is 4. The molecule has 1 heterocycles. The lowest BCUT2D eigenvalue weighted by Gasteiger charge is -2.10. The van der Waals surface area contributed by atoms with Gasteiger partial charge in [-0.25, -0.2) is 4.98 Å². The van der Waals surface area contributed by atoms with Gasteiger partial charge in [0.25, 0.3) is 0 Å². The zero-order valence-corrected chi connectivity index (χ0v) is 8.41. The normalized spacial score (nSPS) is 9.21. The van der Waals surface area contributed by atoms with Crippen molar-refractivity contribution in [2.75, 3.05) is 14.2 Å². The van der Waals surface area contributed by atoms with Crippen LogP contribution in [-0.2, 0) is 6.42 Å². The lowest BCUT2D eigenvalue weighted by molar-refractivity contribution is 0.373. The third kappa shape index (κ3) is 2.17. The van der Waals surface area contributed by atoms with Gasteiger partial charge in [-0.1, -0.05) is 0 Å². The Bertz CT molecular complexity index is 319. The number of aromatic nitrogens is 1. The molecule has 0 aliphatic rings. The van der Waals surface area contributed by atoms with Crippen molar-refractivity contribution in [1.82, 2.24) is 4.98 Å². The van der Waals surface area contributed by atoms with E-state index in [2.05, 4.69) is 10.9 Å². The zero-order valence-electron chi connectivity index (χ0n) is 8.41. The standard InChI is InChI=1S/C11H13NO2/c1-4-5-6-9-10(13-2)7-8-12-11(9)14-3/h1,7-8H,5-6H2,2-3H3. The minimum Gasteiger partial charge on any atom is -0.496 e. The molecule has 0 saturated carbocycles. The Balaban J connectivity index is 3.00. The van der Waals surface area contributed by atoms with E-state index >= 15 is 0 Å². The number of ether oxygens (including phenoxy) is 2. The number of hydrogen-bond donors (Lipinski definition) is 0. The van der Waals surface area contributed by atoms with Crippen molar-refractivity contribution < 1.29 is 9.47 Å². The molecule has 0 atom stereocenters. The molecular weight excluding hydrogens is 178 g/mol. The van der Waals surface area contributed by atoms with E-state index in [0.29, 0.717) is 12.3 Å². The quantitative estimate of drug-likeness (QED) is 0.678. The van der Waals surface area contributed by atoms with Crippen molar-refractivity contribution in [2.45, 2.75) is 12.8 Å². The second-order valence-electron chi connectivity index (χ2n) is 2.71. The summed E-state index contributed by atoms with van der Waals surface area (Å²) in [5, 5.41) is 0. The summed E-state index contributed by atoms with van der Waals surface area (Å²) in [6.07, 6.45) is 8.23. The molecule has 0 amide bonds. The monoisotopic (exact) mass is 191 g/mol. The first-order valence-corrected chi connectivity index (χ1v) is 4.32. The van der Waals surface area contributed by atoms with Crippen LogP contribution < -0.4 is 9.47 Å². The molecule has 0 saturated heterocycles. The van der Waals surface area contributed by atoms with Gasteiger partial charge in [0.15, 0.2) is 0 Å². The van der Waals surface area contributed by atoms with E-state index in [1.165, 1.54) is 0 Å². The van der Waals surface area contributed by atoms with Crippen LogP contribution in [0, 0.1) is 12.3 Å². The van der Waals surface area contributed by atoms with Crippen LogP contribution >= 0.6 is 0 Å². The fourth-order valence-corrected chi connectivity index (χ4v) is 1.25. The van der Waals surface area contributed by atoms with E-state index < -0.39 is 0 Å². The zero-order chi connectivity index (χ0) is 10.4. The van der Waals surface area contributed by atoms with Crippen molar-refractivity contribution in [3.8, 4) is 24.0 Å². The van der Waals surface area contributed by atoms with Crippen LogP contribution in [0.2, 0.25) is 0 Å². The number of nitrogens with zero attached hydrogens (tertiary/aromatic N) is 1. The van der Waals surface area contributed by atoms with E-state index in [9.17, 15) is 0 Å². The molecule has 3 nitrogen and oxygen atoms in total. The van der Waals surface area contributed by atoms with E-state index in [1.54, 1.807) is 26.5 Å². The molecule has 0 aliphatic carbocycles. The maximum absolute atomic E-state index is 5.21. The smallest absolute Gasteiger partial charge is 0.220 e. The van der Waals surface area contributed by atoms with Gasteiger partial charge in [0.2, 0.25) is 5.88 Å². The van der Waals surface area contributed by atoms with Gasteiger partial charge in [0, 0.05) is 12.6 Å². The first kappa shape index (κ1) is 10.4. The minimum atomic E-state index is 0.583. The second kappa shape index (κ2) is 5.13. The summed E-state index contributed by atoms with van der Waals surface area (Å²) >= 11 is 0. The minimum absolute atomic E-state index is 0.583. The molecule has 14 heavy (non-hydrogen) atoms. The average molecular weight is 191 g/mol. The molecule has 0 bridgehead atoms. The van der Waals surface area contributed by atoms with Crippen LogP contribution in [0.3, 0.4) is 0 Å². The van der Waals surface area contributed by atoms with Crippen molar-refractivity contribution in [1.29, 1.82) is 0 Å². The van der Waals surface area contributed by atoms with Gasteiger partial charge in [-0.3, -0.25) is 0 Å². The van der Waals surface area contributed by atoms with Crippen molar-refractivity contribution in [2.24, 2.45) is 0 Å². The molecule has 0 radical (unpaired) electrons. The maximum Gasteiger partial charge on any atom is 0.220 e. The van der Waals surface area contributed by atoms with Gasteiger partial charge < -0.3 is 9.47 Å². The van der Waals surface area contributed by atoms with Gasteiger partial charge >= 0.3 is 0 Å². The Morgan fingerprint density at radius 3 is 2.79 bits per heavy atom. The predicted molar refractivity (Wildman–Crippen MR) is 54.5 cm³/mol. The third-order valence-corrected chi connectivity index (χ3v) is 1.91. The highest BCUT2D eigenvalue weighted by Crippen LogP contribution is 2.26. The summed E-state index contributed by atoms with van der Waals surface area (Å²) in [4.78, 5) is 4.09. The van der Waals surface area contributed by atoms with Crippen molar-refractivity contribution in [3.05, 3.63) is 17.8 Å². The molecule has 0 aliphatic heterocycles. The highest BCUT2D eigenvalue weighted by molar-refractivity contribution is 5.40. The second-order valence-corrected chi connectivity index (χ2v) is 2.71. The SMILES string of the molecule is C#CCCc1c(OC)ccnc1OC. The molecule has 0 N–H and O–H groups in total. The molecule has 0 spiro atoms. The van der Waals surface area contributed by atoms with Crippen LogP contribution in [0.4, 0.5) is 0 Å². The summed E-state index contributed by atoms with van der Waals surface area (Å²) in [5.41, 5.74) is 0.926. The largest absolute Gasteiger partial charge is 0.496 e. The highest BCUT2D eigenvalue weighted by atomic mass is 16.5. The molecule has 1 aromatic heterocycles. The first-order valence-electron chi connectivity index (χ1n) is 4.32. The number of terminal acetylenes is 1. The molecular formula is C11H13NO2. The van der Waals surface area contributed by atoms with Crippen LogP contribution in [0.15, 0.2) is 12.3 Å². The molecule has 3 heteroatoms. The number of methoxy groups -OCH3 is 2. The Morgan fingerprint density at radius 2 is 2.21 bits per heavy atom. The molecule has 1 rings (SSSR count). The van der Waals surface area contributed by atoms with Crippen LogP contribution in [-0.4, -0.2) is 19.2 Å². The summed E-state index contributed by atoms with van der Waals surface area (Å²) < 4.78 is 10.3. The van der Waals surface area contributed by atoms with Gasteiger partial charge in [0.1, 0.15) is 5.75 Å². The fraction of sp³-hybridized carbons (Fsp3) is 0.364. The van der Waals surface area contributed by atoms with Crippen LogP contribution in [0.1, 0.15) is 12.0 Å². The lowest BCUT2D eigenvalue weighted by atomic mass is 10.1. The van der Waals surface area contributed by atoms with Crippen LogP contribution in [0.25, 0.3) is 0 Å². The maximum atomic E-state index is 5.21. The third-order valence-electron chi connectivity index (χ3n) is 1.91. The summed E-state index contributed by atoms with van der Waals surface area (Å²) in [5.74, 6) is 3.93. The van der Waals surface area contributed by atoms with E-state index in [0.717, 1.165) is 17.7 Å². The van der Waals surface area contributed by atoms with Gasteiger partial charge in [-0.05, 0) is 12.5 Å². The summed E-state index contributed by atoms with van der Waals surface area (Å²) in [6, 6.07) is 1.80. The molecule has 0 unspecified atom stereocenters. The van der Waals surface area contributed by atoms with Crippen LogP contribution in [0.5, 0.6) is 11.6 Å². The molecule has 0 aromatic carbocycles. The lowest BCUT2D eigenvalue weighted by Crippen LogP contribution is -1.98. The van der Waals surface area contributed by atoms with E-state index in [-0.39, 0.29) is 0 Å². The van der Waals surface area contributed by atoms with Gasteiger partial charge in [0.05, 0.1) is 19.8 Å². The Labute approximate surface area is 84.1 Å². The summed E-state index contributed by atoms with van der Waals surface area (Å²) in [7, 11) is 3.20. The highest BCUT2D eigenvalue weighted by Gasteiger charge is 2.09. The van der Waals surface area contributed by atoms with Crippen molar-refractivity contribution in [3.63, 3.8) is 0 Å². The summed E-state index contributed by atoms with van der Waals surface area (Å²) in [6.45, 7) is 0. The molecule has 74 valence electrons. The Morgan fingerprint density at radius 1 is 1.43 bits per heavy atom. The van der Waals surface area contributed by atoms with Gasteiger partial charge in [-0.15, -0.1) is 12.3 Å². The number of pyridine rings is 1. The Hall–Kier alpha value is -1.69. The van der Waals surface area contributed by atoms with Gasteiger partial charge in [-0.2, -0.15) is 0 Å². The van der Waals surface area contributed by atoms with Crippen molar-refractivity contribution >= 4 is 0 Å². The first-order chi connectivity index (χ1) is 6.83. The van der Waals surface area contributed by atoms with E-state index in [1.807, 2.05) is 0 Å². The Kier molecular flexibility index (Phi) is 3.81. The van der Waals surface area contributed by atoms with E-state index in [4.69, 9.17) is 15.9 Å². The fourth-order valence-electron chi connectivity index (χ4n) is 1.25. The number of hydrogen-bond acceptors (Lipinski definition) is 3. The average Bonchev–Trinajstić information content (AvgIpc) is 2.25. The molecule has 0 fully saturated rings. The molecule has 1 aromatic rings.